The first-order chi connectivity index (χ1) is 16.4. The number of hydrogen-bond donors (Lipinski definition) is 0. The van der Waals surface area contributed by atoms with Crippen molar-refractivity contribution in [3.8, 4) is 17.4 Å². The molecule has 1 aliphatic heterocycles. The zero-order chi connectivity index (χ0) is 24.2. The van der Waals surface area contributed by atoms with E-state index in [-0.39, 0.29) is 17.6 Å². The maximum Gasteiger partial charge on any atom is 0.269 e. The van der Waals surface area contributed by atoms with Gasteiger partial charge in [0.25, 0.3) is 11.6 Å². The van der Waals surface area contributed by atoms with Gasteiger partial charge in [0.1, 0.15) is 12.1 Å². The number of aryl methyl sites for hydroxylation is 1. The van der Waals surface area contributed by atoms with E-state index in [2.05, 4.69) is 14.9 Å². The van der Waals surface area contributed by atoms with Gasteiger partial charge in [-0.15, -0.1) is 0 Å². The molecule has 0 aliphatic carbocycles. The van der Waals surface area contributed by atoms with E-state index < -0.39 is 4.92 Å². The summed E-state index contributed by atoms with van der Waals surface area (Å²) < 4.78 is 11.3. The third kappa shape index (κ3) is 4.90. The number of nitro benzene ring substituents is 1. The number of nitro groups is 1. The van der Waals surface area contributed by atoms with Crippen LogP contribution in [0.25, 0.3) is 0 Å². The predicted octanol–water partition coefficient (Wildman–Crippen LogP) is 3.85. The van der Waals surface area contributed by atoms with Crippen LogP contribution in [-0.2, 0) is 0 Å². The lowest BCUT2D eigenvalue weighted by Gasteiger charge is -2.40. The minimum absolute atomic E-state index is 0.0422. The van der Waals surface area contributed by atoms with E-state index >= 15 is 0 Å². The summed E-state index contributed by atoms with van der Waals surface area (Å²) in [5, 5.41) is 10.9. The Morgan fingerprint density at radius 2 is 1.85 bits per heavy atom. The molecule has 2 aromatic carbocycles. The van der Waals surface area contributed by atoms with Crippen LogP contribution in [0.5, 0.6) is 17.4 Å². The first-order valence-electron chi connectivity index (χ1n) is 10.8. The summed E-state index contributed by atoms with van der Waals surface area (Å²) in [6, 6.07) is 13.0. The molecule has 1 aromatic heterocycles. The minimum Gasteiger partial charge on any atom is -0.493 e. The average molecular weight is 463 g/mol. The van der Waals surface area contributed by atoms with Crippen molar-refractivity contribution in [1.82, 2.24) is 14.9 Å². The van der Waals surface area contributed by atoms with E-state index in [1.165, 1.54) is 30.6 Å². The number of rotatable bonds is 6. The number of carbonyl (C=O) groups is 1. The Bertz CT molecular complexity index is 1200. The lowest BCUT2D eigenvalue weighted by molar-refractivity contribution is -0.384. The van der Waals surface area contributed by atoms with Gasteiger partial charge in [0.2, 0.25) is 5.88 Å². The number of non-ortho nitro benzene ring substituents is 1. The molecule has 1 aliphatic rings. The van der Waals surface area contributed by atoms with Crippen LogP contribution in [0.1, 0.15) is 22.8 Å². The monoisotopic (exact) mass is 463 g/mol. The highest BCUT2D eigenvalue weighted by atomic mass is 16.6. The van der Waals surface area contributed by atoms with Gasteiger partial charge >= 0.3 is 0 Å². The second-order valence-corrected chi connectivity index (χ2v) is 8.07. The highest BCUT2D eigenvalue weighted by Gasteiger charge is 2.29. The third-order valence-corrected chi connectivity index (χ3v) is 5.70. The molecule has 10 nitrogen and oxygen atoms in total. The maximum atomic E-state index is 13.0. The molecule has 0 radical (unpaired) electrons. The van der Waals surface area contributed by atoms with Gasteiger partial charge in [-0.05, 0) is 43.7 Å². The Morgan fingerprint density at radius 3 is 2.53 bits per heavy atom. The minimum atomic E-state index is -0.482. The number of carbonyl (C=O) groups excluding carboxylic acids is 1. The number of piperazine rings is 1. The van der Waals surface area contributed by atoms with Crippen molar-refractivity contribution in [3.63, 3.8) is 0 Å². The summed E-state index contributed by atoms with van der Waals surface area (Å²) in [5.41, 5.74) is 1.44. The molecule has 34 heavy (non-hydrogen) atoms. The van der Waals surface area contributed by atoms with Gasteiger partial charge in [-0.25, -0.2) is 9.97 Å². The molecule has 0 spiro atoms. The van der Waals surface area contributed by atoms with Gasteiger partial charge in [0.05, 0.1) is 12.0 Å². The number of anilines is 1. The van der Waals surface area contributed by atoms with Gasteiger partial charge in [0, 0.05) is 49.4 Å². The van der Waals surface area contributed by atoms with Gasteiger partial charge in [-0.1, -0.05) is 6.07 Å². The van der Waals surface area contributed by atoms with Crippen molar-refractivity contribution in [1.29, 1.82) is 0 Å². The molecule has 0 N–H and O–H groups in total. The normalized spacial score (nSPS) is 15.7. The summed E-state index contributed by atoms with van der Waals surface area (Å²) >= 11 is 0. The largest absolute Gasteiger partial charge is 0.493 e. The molecular weight excluding hydrogens is 438 g/mol. The topological polar surface area (TPSA) is 111 Å². The standard InChI is InChI=1S/C24H25N5O5/c1-16-4-9-20(21(12-16)33-3)34-23-13-22(25-15-26-23)27-10-11-28(17(2)14-27)24(30)18-5-7-19(8-6-18)29(31)32/h4-9,12-13,15,17H,10-11,14H2,1-3H3. The van der Waals surface area contributed by atoms with Crippen LogP contribution in [0.4, 0.5) is 11.5 Å². The molecule has 176 valence electrons. The number of ether oxygens (including phenoxy) is 2. The van der Waals surface area contributed by atoms with Crippen molar-refractivity contribution in [2.24, 2.45) is 0 Å². The molecule has 1 unspecified atom stereocenters. The van der Waals surface area contributed by atoms with Crippen molar-refractivity contribution in [2.75, 3.05) is 31.6 Å². The van der Waals surface area contributed by atoms with Crippen LogP contribution < -0.4 is 14.4 Å². The molecule has 0 saturated carbocycles. The van der Waals surface area contributed by atoms with E-state index in [0.717, 1.165) is 5.56 Å². The van der Waals surface area contributed by atoms with E-state index in [1.807, 2.05) is 32.0 Å². The highest BCUT2D eigenvalue weighted by molar-refractivity contribution is 5.94. The second kappa shape index (κ2) is 9.74. The zero-order valence-corrected chi connectivity index (χ0v) is 19.2. The molecule has 1 fully saturated rings. The Balaban J connectivity index is 1.44. The van der Waals surface area contributed by atoms with E-state index in [4.69, 9.17) is 9.47 Å². The van der Waals surface area contributed by atoms with Crippen LogP contribution in [0.2, 0.25) is 0 Å². The van der Waals surface area contributed by atoms with Crippen molar-refractivity contribution in [3.05, 3.63) is 76.1 Å². The zero-order valence-electron chi connectivity index (χ0n) is 19.2. The summed E-state index contributed by atoms with van der Waals surface area (Å²) in [4.78, 5) is 35.8. The molecule has 10 heteroatoms. The molecule has 0 bridgehead atoms. The molecule has 1 amide bonds. The predicted molar refractivity (Wildman–Crippen MR) is 126 cm³/mol. The quantitative estimate of drug-likeness (QED) is 0.400. The summed E-state index contributed by atoms with van der Waals surface area (Å²) in [7, 11) is 1.59. The first-order valence-corrected chi connectivity index (χ1v) is 10.8. The van der Waals surface area contributed by atoms with Gasteiger partial charge in [-0.2, -0.15) is 0 Å². The number of benzene rings is 2. The van der Waals surface area contributed by atoms with Gasteiger partial charge in [-0.3, -0.25) is 14.9 Å². The van der Waals surface area contributed by atoms with E-state index in [1.54, 1.807) is 18.1 Å². The molecule has 3 aromatic rings. The SMILES string of the molecule is COc1cc(C)ccc1Oc1cc(N2CCN(C(=O)c3ccc([N+](=O)[O-])cc3)C(C)C2)ncn1. The van der Waals surface area contributed by atoms with Crippen molar-refractivity contribution in [2.45, 2.75) is 19.9 Å². The fourth-order valence-electron chi connectivity index (χ4n) is 3.89. The van der Waals surface area contributed by atoms with Crippen molar-refractivity contribution < 1.29 is 19.2 Å². The van der Waals surface area contributed by atoms with Gasteiger partial charge in [0.15, 0.2) is 11.5 Å². The molecule has 2 heterocycles. The Kier molecular flexibility index (Phi) is 6.58. The molecule has 1 atom stereocenters. The van der Waals surface area contributed by atoms with E-state index in [9.17, 15) is 14.9 Å². The number of hydrogen-bond acceptors (Lipinski definition) is 8. The third-order valence-electron chi connectivity index (χ3n) is 5.70. The molecular formula is C24H25N5O5. The summed E-state index contributed by atoms with van der Waals surface area (Å²) in [5.74, 6) is 2.12. The fraction of sp³-hybridized carbons (Fsp3) is 0.292. The second-order valence-electron chi connectivity index (χ2n) is 8.07. The number of nitrogens with zero attached hydrogens (tertiary/aromatic N) is 5. The smallest absolute Gasteiger partial charge is 0.269 e. The Labute approximate surface area is 196 Å². The van der Waals surface area contributed by atoms with Crippen molar-refractivity contribution >= 4 is 17.4 Å². The van der Waals surface area contributed by atoms with Crippen LogP contribution in [0, 0.1) is 17.0 Å². The fourth-order valence-corrected chi connectivity index (χ4v) is 3.89. The lowest BCUT2D eigenvalue weighted by atomic mass is 10.1. The summed E-state index contributed by atoms with van der Waals surface area (Å²) in [6.45, 7) is 5.58. The maximum absolute atomic E-state index is 13.0. The molecule has 1 saturated heterocycles. The highest BCUT2D eigenvalue weighted by Crippen LogP contribution is 2.32. The Morgan fingerprint density at radius 1 is 1.09 bits per heavy atom. The number of aromatic nitrogens is 2. The number of methoxy groups -OCH3 is 1. The van der Waals surface area contributed by atoms with Crippen LogP contribution >= 0.6 is 0 Å². The first kappa shape index (κ1) is 23.0. The lowest BCUT2D eigenvalue weighted by Crippen LogP contribution is -2.54. The van der Waals surface area contributed by atoms with Gasteiger partial charge < -0.3 is 19.3 Å². The summed E-state index contributed by atoms with van der Waals surface area (Å²) in [6.07, 6.45) is 1.45. The Hall–Kier alpha value is -4.21. The van der Waals surface area contributed by atoms with Crippen LogP contribution in [-0.4, -0.2) is 58.5 Å². The van der Waals surface area contributed by atoms with E-state index in [0.29, 0.717) is 48.4 Å². The average Bonchev–Trinajstić information content (AvgIpc) is 2.85. The van der Waals surface area contributed by atoms with Crippen LogP contribution in [0.15, 0.2) is 54.9 Å². The van der Waals surface area contributed by atoms with Crippen LogP contribution in [0.3, 0.4) is 0 Å². The molecule has 4 rings (SSSR count). The number of amides is 1.